The van der Waals surface area contributed by atoms with Gasteiger partial charge in [-0.25, -0.2) is 4.98 Å². The first-order chi connectivity index (χ1) is 7.66. The Bertz CT molecular complexity index is 703. The highest BCUT2D eigenvalue weighted by Crippen LogP contribution is 2.27. The molecule has 3 aromatic rings. The Balaban J connectivity index is 2.54. The predicted octanol–water partition coefficient (Wildman–Crippen LogP) is 3.26. The number of hydrogen-bond donors (Lipinski definition) is 1. The molecule has 1 N–H and O–H groups in total. The minimum absolute atomic E-state index is 0.277. The minimum atomic E-state index is 0.277. The van der Waals surface area contributed by atoms with E-state index in [1.165, 1.54) is 0 Å². The van der Waals surface area contributed by atoms with Gasteiger partial charge in [0, 0.05) is 11.6 Å². The van der Waals surface area contributed by atoms with E-state index in [4.69, 9.17) is 0 Å². The van der Waals surface area contributed by atoms with Gasteiger partial charge < -0.3 is 5.11 Å². The summed E-state index contributed by atoms with van der Waals surface area (Å²) in [4.78, 5) is 4.50. The van der Waals surface area contributed by atoms with Crippen molar-refractivity contribution in [2.45, 2.75) is 6.92 Å². The number of pyridine rings is 1. The Hall–Kier alpha value is -1.55. The van der Waals surface area contributed by atoms with Crippen LogP contribution in [-0.2, 0) is 0 Å². The Kier molecular flexibility index (Phi) is 1.94. The number of halogens is 1. The zero-order chi connectivity index (χ0) is 11.3. The number of phenolic OH excluding ortho intramolecular Hbond substituents is 1. The lowest BCUT2D eigenvalue weighted by Gasteiger charge is -2.01. The molecule has 2 aromatic heterocycles. The van der Waals surface area contributed by atoms with Gasteiger partial charge in [0.05, 0.1) is 5.69 Å². The summed E-state index contributed by atoms with van der Waals surface area (Å²) in [6, 6.07) is 7.28. The third-order valence-corrected chi connectivity index (χ3v) is 3.65. The Morgan fingerprint density at radius 1 is 1.31 bits per heavy atom. The quantitative estimate of drug-likeness (QED) is 0.684. The van der Waals surface area contributed by atoms with Crippen LogP contribution in [0.2, 0.25) is 0 Å². The van der Waals surface area contributed by atoms with E-state index in [0.29, 0.717) is 0 Å². The van der Waals surface area contributed by atoms with E-state index < -0.39 is 0 Å². The van der Waals surface area contributed by atoms with E-state index in [2.05, 4.69) is 20.9 Å². The van der Waals surface area contributed by atoms with Crippen molar-refractivity contribution in [2.75, 3.05) is 0 Å². The Morgan fingerprint density at radius 3 is 2.94 bits per heavy atom. The van der Waals surface area contributed by atoms with Crippen molar-refractivity contribution in [3.63, 3.8) is 0 Å². The monoisotopic (exact) mass is 276 g/mol. The third kappa shape index (κ3) is 1.23. The number of benzene rings is 1. The maximum Gasteiger partial charge on any atom is 0.145 e. The van der Waals surface area contributed by atoms with Crippen molar-refractivity contribution in [2.24, 2.45) is 0 Å². The summed E-state index contributed by atoms with van der Waals surface area (Å²) in [6.45, 7) is 1.96. The summed E-state index contributed by atoms with van der Waals surface area (Å²) in [5.74, 6) is 0.277. The van der Waals surface area contributed by atoms with Crippen LogP contribution >= 0.6 is 15.9 Å². The van der Waals surface area contributed by atoms with Crippen molar-refractivity contribution in [1.82, 2.24) is 9.38 Å². The van der Waals surface area contributed by atoms with Crippen LogP contribution in [-0.4, -0.2) is 14.5 Å². The molecule has 3 rings (SSSR count). The normalized spacial score (nSPS) is 11.4. The molecular formula is C12H9BrN2O. The van der Waals surface area contributed by atoms with Crippen LogP contribution in [0.4, 0.5) is 0 Å². The fraction of sp³-hybridized carbons (Fsp3) is 0.0833. The van der Waals surface area contributed by atoms with Gasteiger partial charge >= 0.3 is 0 Å². The number of nitrogens with zero attached hydrogens (tertiary/aromatic N) is 2. The first-order valence-corrected chi connectivity index (χ1v) is 5.72. The summed E-state index contributed by atoms with van der Waals surface area (Å²) in [5.41, 5.74) is 1.86. The second-order valence-electron chi connectivity index (χ2n) is 3.77. The van der Waals surface area contributed by atoms with Crippen molar-refractivity contribution in [3.8, 4) is 5.75 Å². The first kappa shape index (κ1) is 9.66. The molecule has 80 valence electrons. The maximum absolute atomic E-state index is 9.43. The standard InChI is InChI=1S/C12H9BrN2O/c1-7-11(13)15-5-4-8-6-9(16)2-3-10(8)12(15)14-7/h2-6,16H,1H3. The lowest BCUT2D eigenvalue weighted by atomic mass is 10.1. The maximum atomic E-state index is 9.43. The molecule has 0 fully saturated rings. The molecule has 1 aromatic carbocycles. The molecule has 0 aliphatic carbocycles. The van der Waals surface area contributed by atoms with E-state index in [9.17, 15) is 5.11 Å². The largest absolute Gasteiger partial charge is 0.508 e. The highest BCUT2D eigenvalue weighted by Gasteiger charge is 2.08. The molecule has 0 bridgehead atoms. The zero-order valence-electron chi connectivity index (χ0n) is 8.61. The minimum Gasteiger partial charge on any atom is -0.508 e. The van der Waals surface area contributed by atoms with Crippen LogP contribution in [0, 0.1) is 6.92 Å². The van der Waals surface area contributed by atoms with Crippen LogP contribution in [0.3, 0.4) is 0 Å². The fourth-order valence-electron chi connectivity index (χ4n) is 1.90. The van der Waals surface area contributed by atoms with Crippen LogP contribution in [0.15, 0.2) is 35.1 Å². The smallest absolute Gasteiger partial charge is 0.145 e. The highest BCUT2D eigenvalue weighted by molar-refractivity contribution is 9.10. The van der Waals surface area contributed by atoms with Gasteiger partial charge in [-0.15, -0.1) is 0 Å². The molecule has 16 heavy (non-hydrogen) atoms. The molecule has 0 radical (unpaired) electrons. The van der Waals surface area contributed by atoms with Crippen LogP contribution < -0.4 is 0 Å². The number of fused-ring (bicyclic) bond motifs is 3. The molecule has 3 nitrogen and oxygen atoms in total. The molecule has 0 unspecified atom stereocenters. The Morgan fingerprint density at radius 2 is 2.12 bits per heavy atom. The lowest BCUT2D eigenvalue weighted by Crippen LogP contribution is -1.85. The van der Waals surface area contributed by atoms with E-state index in [1.807, 2.05) is 29.7 Å². The number of aromatic hydroxyl groups is 1. The second-order valence-corrected chi connectivity index (χ2v) is 4.52. The summed E-state index contributed by atoms with van der Waals surface area (Å²) in [6.07, 6.45) is 1.95. The molecule has 0 spiro atoms. The summed E-state index contributed by atoms with van der Waals surface area (Å²) < 4.78 is 2.96. The molecule has 0 amide bonds. The zero-order valence-corrected chi connectivity index (χ0v) is 10.2. The molecule has 0 aliphatic rings. The molecule has 0 aliphatic heterocycles. The van der Waals surface area contributed by atoms with Gasteiger partial charge in [-0.05, 0) is 52.5 Å². The number of phenols is 1. The van der Waals surface area contributed by atoms with Crippen molar-refractivity contribution >= 4 is 32.3 Å². The first-order valence-electron chi connectivity index (χ1n) is 4.93. The molecule has 0 saturated heterocycles. The summed E-state index contributed by atoms with van der Waals surface area (Å²) >= 11 is 3.50. The van der Waals surface area contributed by atoms with Gasteiger partial charge in [-0.2, -0.15) is 0 Å². The van der Waals surface area contributed by atoms with Gasteiger partial charge in [-0.3, -0.25) is 4.40 Å². The summed E-state index contributed by atoms with van der Waals surface area (Å²) in [5, 5.41) is 11.5. The number of hydrogen-bond acceptors (Lipinski definition) is 2. The molecule has 4 heteroatoms. The van der Waals surface area contributed by atoms with Crippen LogP contribution in [0.25, 0.3) is 16.4 Å². The second kappa shape index (κ2) is 3.22. The van der Waals surface area contributed by atoms with E-state index in [0.717, 1.165) is 26.7 Å². The average molecular weight is 277 g/mol. The predicted molar refractivity (Wildman–Crippen MR) is 66.8 cm³/mol. The van der Waals surface area contributed by atoms with E-state index in [1.54, 1.807) is 12.1 Å². The molecular weight excluding hydrogens is 268 g/mol. The lowest BCUT2D eigenvalue weighted by molar-refractivity contribution is 0.476. The van der Waals surface area contributed by atoms with Gasteiger partial charge in [0.1, 0.15) is 16.0 Å². The molecule has 0 saturated carbocycles. The number of aryl methyl sites for hydroxylation is 1. The van der Waals surface area contributed by atoms with Crippen molar-refractivity contribution < 1.29 is 5.11 Å². The number of imidazole rings is 1. The van der Waals surface area contributed by atoms with E-state index >= 15 is 0 Å². The molecule has 2 heterocycles. The van der Waals surface area contributed by atoms with Gasteiger partial charge in [0.25, 0.3) is 0 Å². The Labute approximate surface area is 100 Å². The van der Waals surface area contributed by atoms with Crippen LogP contribution in [0.5, 0.6) is 5.75 Å². The van der Waals surface area contributed by atoms with Crippen molar-refractivity contribution in [1.29, 1.82) is 0 Å². The van der Waals surface area contributed by atoms with Gasteiger partial charge in [0.15, 0.2) is 0 Å². The summed E-state index contributed by atoms with van der Waals surface area (Å²) in [7, 11) is 0. The number of rotatable bonds is 0. The van der Waals surface area contributed by atoms with Crippen LogP contribution in [0.1, 0.15) is 5.69 Å². The molecule has 0 atom stereocenters. The average Bonchev–Trinajstić information content (AvgIpc) is 2.55. The third-order valence-electron chi connectivity index (χ3n) is 2.69. The van der Waals surface area contributed by atoms with Crippen molar-refractivity contribution in [3.05, 3.63) is 40.8 Å². The van der Waals surface area contributed by atoms with Gasteiger partial charge in [-0.1, -0.05) is 0 Å². The number of aromatic nitrogens is 2. The SMILES string of the molecule is Cc1nc2c3ccc(O)cc3ccn2c1Br. The fourth-order valence-corrected chi connectivity index (χ4v) is 2.27. The topological polar surface area (TPSA) is 37.5 Å². The highest BCUT2D eigenvalue weighted by atomic mass is 79.9. The van der Waals surface area contributed by atoms with Gasteiger partial charge in [0.2, 0.25) is 0 Å². The van der Waals surface area contributed by atoms with E-state index in [-0.39, 0.29) is 5.75 Å².